The Labute approximate surface area is 86.4 Å². The van der Waals surface area contributed by atoms with E-state index >= 15 is 0 Å². The Morgan fingerprint density at radius 2 is 1.87 bits per heavy atom. The average molecular weight is 209 g/mol. The van der Waals surface area contributed by atoms with Gasteiger partial charge >= 0.3 is 6.03 Å². The third kappa shape index (κ3) is 3.28. The molecule has 4 N–H and O–H groups in total. The van der Waals surface area contributed by atoms with Crippen LogP contribution in [0.4, 0.5) is 10.5 Å². The van der Waals surface area contributed by atoms with Crippen LogP contribution >= 0.6 is 0 Å². The van der Waals surface area contributed by atoms with E-state index in [0.29, 0.717) is 11.3 Å². The molecule has 0 radical (unpaired) electrons. The summed E-state index contributed by atoms with van der Waals surface area (Å²) in [6.45, 7) is 0. The van der Waals surface area contributed by atoms with Crippen LogP contribution in [0, 0.1) is 0 Å². The van der Waals surface area contributed by atoms with E-state index in [1.54, 1.807) is 24.3 Å². The molecular weight excluding hydrogens is 198 g/mol. The van der Waals surface area contributed by atoms with E-state index in [0.717, 1.165) is 0 Å². The number of amides is 3. The first-order valence-electron chi connectivity index (χ1n) is 4.13. The molecule has 0 atom stereocenters. The van der Waals surface area contributed by atoms with E-state index in [-0.39, 0.29) is 5.91 Å². The Morgan fingerprint density at radius 1 is 1.27 bits per heavy atom. The number of nitrogens with two attached hydrogens (primary N) is 1. The van der Waals surface area contributed by atoms with E-state index in [4.69, 9.17) is 5.73 Å². The molecule has 1 aromatic carbocycles. The van der Waals surface area contributed by atoms with E-state index in [1.165, 1.54) is 7.11 Å². The van der Waals surface area contributed by atoms with Crippen molar-refractivity contribution >= 4 is 17.6 Å². The van der Waals surface area contributed by atoms with Crippen molar-refractivity contribution < 1.29 is 14.4 Å². The van der Waals surface area contributed by atoms with Gasteiger partial charge in [-0.2, -0.15) is 0 Å². The maximum absolute atomic E-state index is 11.2. The summed E-state index contributed by atoms with van der Waals surface area (Å²) in [5.74, 6) is -0.358. The van der Waals surface area contributed by atoms with Crippen LogP contribution in [0.25, 0.3) is 0 Å². The van der Waals surface area contributed by atoms with Crippen molar-refractivity contribution in [2.45, 2.75) is 0 Å². The van der Waals surface area contributed by atoms with Crippen molar-refractivity contribution in [1.82, 2.24) is 5.48 Å². The second-order valence-corrected chi connectivity index (χ2v) is 2.70. The summed E-state index contributed by atoms with van der Waals surface area (Å²) in [7, 11) is 1.35. The molecule has 6 nitrogen and oxygen atoms in total. The number of urea groups is 1. The van der Waals surface area contributed by atoms with Gasteiger partial charge in [0.05, 0.1) is 7.11 Å². The molecule has 0 aliphatic rings. The topological polar surface area (TPSA) is 93.4 Å². The number of benzene rings is 1. The molecule has 0 unspecified atom stereocenters. The molecule has 0 bridgehead atoms. The molecular formula is C9H11N3O3. The van der Waals surface area contributed by atoms with Crippen LogP contribution in [-0.4, -0.2) is 19.0 Å². The van der Waals surface area contributed by atoms with Gasteiger partial charge in [0, 0.05) is 11.3 Å². The fourth-order valence-corrected chi connectivity index (χ4v) is 0.999. The highest BCUT2D eigenvalue weighted by atomic mass is 16.6. The minimum Gasteiger partial charge on any atom is -0.351 e. The zero-order valence-electron chi connectivity index (χ0n) is 8.11. The van der Waals surface area contributed by atoms with Crippen molar-refractivity contribution in [3.8, 4) is 0 Å². The molecule has 1 aromatic rings. The number of hydroxylamine groups is 1. The minimum absolute atomic E-state index is 0.358. The number of primary amides is 1. The Bertz CT molecular complexity index is 361. The van der Waals surface area contributed by atoms with Crippen LogP contribution in [0.5, 0.6) is 0 Å². The van der Waals surface area contributed by atoms with Crippen molar-refractivity contribution in [2.75, 3.05) is 12.4 Å². The summed E-state index contributed by atoms with van der Waals surface area (Å²) < 4.78 is 0. The molecule has 0 fully saturated rings. The highest BCUT2D eigenvalue weighted by molar-refractivity contribution is 5.94. The molecule has 0 aliphatic heterocycles. The Balaban J connectivity index is 2.71. The maximum Gasteiger partial charge on any atom is 0.316 e. The minimum atomic E-state index is -0.649. The smallest absolute Gasteiger partial charge is 0.316 e. The third-order valence-corrected chi connectivity index (χ3v) is 1.61. The molecule has 0 heterocycles. The summed E-state index contributed by atoms with van der Waals surface area (Å²) >= 11 is 0. The standard InChI is InChI=1S/C9H11N3O3/c1-15-12-8(13)6-2-4-7(5-3-6)11-9(10)14/h2-5H,1H3,(H,12,13)(H3,10,11,14). The van der Waals surface area contributed by atoms with Gasteiger partial charge in [0.2, 0.25) is 0 Å². The van der Waals surface area contributed by atoms with E-state index in [2.05, 4.69) is 15.6 Å². The van der Waals surface area contributed by atoms with E-state index in [1.807, 2.05) is 0 Å². The molecule has 15 heavy (non-hydrogen) atoms. The summed E-state index contributed by atoms with van der Waals surface area (Å²) in [4.78, 5) is 26.2. The first-order chi connectivity index (χ1) is 7.13. The van der Waals surface area contributed by atoms with Gasteiger partial charge < -0.3 is 11.1 Å². The van der Waals surface area contributed by atoms with E-state index < -0.39 is 6.03 Å². The predicted octanol–water partition coefficient (Wildman–Crippen LogP) is 0.468. The summed E-state index contributed by atoms with van der Waals surface area (Å²) in [5, 5.41) is 2.38. The van der Waals surface area contributed by atoms with Crippen molar-refractivity contribution in [3.05, 3.63) is 29.8 Å². The molecule has 80 valence electrons. The summed E-state index contributed by atoms with van der Waals surface area (Å²) in [5.41, 5.74) is 8.04. The van der Waals surface area contributed by atoms with Gasteiger partial charge in [-0.15, -0.1) is 0 Å². The largest absolute Gasteiger partial charge is 0.351 e. The van der Waals surface area contributed by atoms with Crippen LogP contribution in [0.2, 0.25) is 0 Å². The molecule has 0 aromatic heterocycles. The number of carbonyl (C=O) groups excluding carboxylic acids is 2. The number of hydrogen-bond donors (Lipinski definition) is 3. The second kappa shape index (κ2) is 4.97. The molecule has 0 aliphatic carbocycles. The van der Waals surface area contributed by atoms with E-state index in [9.17, 15) is 9.59 Å². The average Bonchev–Trinajstić information content (AvgIpc) is 2.18. The van der Waals surface area contributed by atoms with Crippen LogP contribution in [0.1, 0.15) is 10.4 Å². The second-order valence-electron chi connectivity index (χ2n) is 2.70. The fraction of sp³-hybridized carbons (Fsp3) is 0.111. The van der Waals surface area contributed by atoms with Gasteiger partial charge in [0.1, 0.15) is 0 Å². The van der Waals surface area contributed by atoms with Crippen molar-refractivity contribution in [1.29, 1.82) is 0 Å². The number of nitrogens with one attached hydrogen (secondary N) is 2. The first kappa shape index (κ1) is 11.0. The van der Waals surface area contributed by atoms with Gasteiger partial charge in [-0.3, -0.25) is 9.63 Å². The number of rotatable bonds is 3. The first-order valence-corrected chi connectivity index (χ1v) is 4.13. The molecule has 3 amide bonds. The van der Waals surface area contributed by atoms with Gasteiger partial charge in [-0.25, -0.2) is 10.3 Å². The lowest BCUT2D eigenvalue weighted by molar-refractivity contribution is 0.0537. The lowest BCUT2D eigenvalue weighted by Gasteiger charge is -2.04. The monoisotopic (exact) mass is 209 g/mol. The lowest BCUT2D eigenvalue weighted by atomic mass is 10.2. The van der Waals surface area contributed by atoms with Gasteiger partial charge in [0.25, 0.3) is 5.91 Å². The molecule has 1 rings (SSSR count). The zero-order chi connectivity index (χ0) is 11.3. The Morgan fingerprint density at radius 3 is 2.33 bits per heavy atom. The maximum atomic E-state index is 11.2. The van der Waals surface area contributed by atoms with Gasteiger partial charge in [0.15, 0.2) is 0 Å². The zero-order valence-corrected chi connectivity index (χ0v) is 8.11. The molecule has 0 saturated heterocycles. The van der Waals surface area contributed by atoms with Gasteiger partial charge in [-0.1, -0.05) is 0 Å². The van der Waals surface area contributed by atoms with Crippen molar-refractivity contribution in [2.24, 2.45) is 5.73 Å². The third-order valence-electron chi connectivity index (χ3n) is 1.61. The molecule has 6 heteroatoms. The summed E-state index contributed by atoms with van der Waals surface area (Å²) in [6, 6.07) is 5.56. The van der Waals surface area contributed by atoms with Crippen LogP contribution in [0.15, 0.2) is 24.3 Å². The lowest BCUT2D eigenvalue weighted by Crippen LogP contribution is -2.22. The van der Waals surface area contributed by atoms with Gasteiger partial charge in [-0.05, 0) is 24.3 Å². The van der Waals surface area contributed by atoms with Crippen LogP contribution < -0.4 is 16.5 Å². The highest BCUT2D eigenvalue weighted by Gasteiger charge is 2.04. The normalized spacial score (nSPS) is 9.40. The predicted molar refractivity (Wildman–Crippen MR) is 54.1 cm³/mol. The van der Waals surface area contributed by atoms with Crippen molar-refractivity contribution in [3.63, 3.8) is 0 Å². The van der Waals surface area contributed by atoms with Crippen LogP contribution in [-0.2, 0) is 4.84 Å². The molecule has 0 spiro atoms. The number of anilines is 1. The molecule has 0 saturated carbocycles. The number of hydrogen-bond acceptors (Lipinski definition) is 3. The Hall–Kier alpha value is -2.08. The fourth-order valence-electron chi connectivity index (χ4n) is 0.999. The summed E-state index contributed by atoms with van der Waals surface area (Å²) in [6.07, 6.45) is 0. The number of carbonyl (C=O) groups is 2. The highest BCUT2D eigenvalue weighted by Crippen LogP contribution is 2.08. The SMILES string of the molecule is CONC(=O)c1ccc(NC(N)=O)cc1. The Kier molecular flexibility index (Phi) is 3.64. The quantitative estimate of drug-likeness (QED) is 0.631. The van der Waals surface area contributed by atoms with Crippen LogP contribution in [0.3, 0.4) is 0 Å².